The van der Waals surface area contributed by atoms with E-state index in [-0.39, 0.29) is 0 Å². The van der Waals surface area contributed by atoms with Crippen molar-refractivity contribution < 1.29 is 18.4 Å². The summed E-state index contributed by atoms with van der Waals surface area (Å²) >= 11 is 0. The van der Waals surface area contributed by atoms with Gasteiger partial charge in [0.2, 0.25) is 0 Å². The zero-order valence-corrected chi connectivity index (χ0v) is 11.3. The van der Waals surface area contributed by atoms with Crippen molar-refractivity contribution in [3.63, 3.8) is 0 Å². The molecule has 5 heteroatoms. The van der Waals surface area contributed by atoms with Gasteiger partial charge in [0.1, 0.15) is 23.5 Å². The number of carbonyl (C=O) groups is 2. The van der Waals surface area contributed by atoms with Crippen molar-refractivity contribution >= 4 is 12.2 Å². The molecule has 1 aromatic carbocycles. The first-order valence-electron chi connectivity index (χ1n) is 6.82. The highest BCUT2D eigenvalue weighted by atomic mass is 19.1. The Hall–Kier alpha value is -1.78. The van der Waals surface area contributed by atoms with Crippen LogP contribution >= 0.6 is 0 Å². The number of amides is 1. The molecule has 1 N–H and O–H groups in total. The van der Waals surface area contributed by atoms with E-state index in [0.29, 0.717) is 13.0 Å². The fraction of sp³-hybridized carbons (Fsp3) is 0.467. The topological polar surface area (TPSA) is 46.2 Å². The highest BCUT2D eigenvalue weighted by molar-refractivity contribution is 5.94. The summed E-state index contributed by atoms with van der Waals surface area (Å²) in [6.45, 7) is 0.389. The number of carbonyl (C=O) groups excluding carboxylic acids is 2. The molecular formula is C15H19F2NO2. The van der Waals surface area contributed by atoms with Crippen LogP contribution in [0.15, 0.2) is 18.2 Å². The van der Waals surface area contributed by atoms with Crippen LogP contribution in [0.25, 0.3) is 0 Å². The second-order valence-corrected chi connectivity index (χ2v) is 4.58. The predicted octanol–water partition coefficient (Wildman–Crippen LogP) is 3.23. The number of hydrogen-bond donors (Lipinski definition) is 1. The second-order valence-electron chi connectivity index (χ2n) is 4.58. The summed E-state index contributed by atoms with van der Waals surface area (Å²) in [5.41, 5.74) is -0.529. The zero-order valence-electron chi connectivity index (χ0n) is 11.3. The summed E-state index contributed by atoms with van der Waals surface area (Å²) in [7, 11) is 0. The molecule has 1 aromatic rings. The molecule has 0 aliphatic rings. The maximum absolute atomic E-state index is 13.3. The molecule has 0 bridgehead atoms. The number of aldehydes is 1. The van der Waals surface area contributed by atoms with Crippen LogP contribution in [0, 0.1) is 11.6 Å². The highest BCUT2D eigenvalue weighted by Crippen LogP contribution is 2.11. The molecule has 0 saturated carbocycles. The van der Waals surface area contributed by atoms with E-state index in [9.17, 15) is 18.4 Å². The smallest absolute Gasteiger partial charge is 0.257 e. The van der Waals surface area contributed by atoms with Crippen molar-refractivity contribution in [2.45, 2.75) is 38.5 Å². The third-order valence-electron chi connectivity index (χ3n) is 2.97. The summed E-state index contributed by atoms with van der Waals surface area (Å²) < 4.78 is 26.6. The summed E-state index contributed by atoms with van der Waals surface area (Å²) in [5.74, 6) is -2.42. The molecular weight excluding hydrogens is 264 g/mol. The van der Waals surface area contributed by atoms with Gasteiger partial charge in [0.05, 0.1) is 0 Å². The Kier molecular flexibility index (Phi) is 7.47. The maximum Gasteiger partial charge on any atom is 0.257 e. The Bertz CT molecular complexity index is 429. The van der Waals surface area contributed by atoms with Gasteiger partial charge in [0, 0.05) is 13.0 Å². The molecule has 0 saturated heterocycles. The Morgan fingerprint density at radius 2 is 1.65 bits per heavy atom. The summed E-state index contributed by atoms with van der Waals surface area (Å²) in [4.78, 5) is 21.7. The molecule has 0 spiro atoms. The predicted molar refractivity (Wildman–Crippen MR) is 72.5 cm³/mol. The van der Waals surface area contributed by atoms with E-state index >= 15 is 0 Å². The van der Waals surface area contributed by atoms with Gasteiger partial charge in [-0.15, -0.1) is 0 Å². The Morgan fingerprint density at radius 1 is 1.05 bits per heavy atom. The first kappa shape index (κ1) is 16.3. The molecule has 20 heavy (non-hydrogen) atoms. The lowest BCUT2D eigenvalue weighted by Gasteiger charge is -2.07. The van der Waals surface area contributed by atoms with E-state index in [1.54, 1.807) is 0 Å². The summed E-state index contributed by atoms with van der Waals surface area (Å²) in [6.07, 6.45) is 6.01. The minimum absolute atomic E-state index is 0.389. The maximum atomic E-state index is 13.3. The number of halogens is 2. The van der Waals surface area contributed by atoms with Gasteiger partial charge in [-0.05, 0) is 25.0 Å². The van der Waals surface area contributed by atoms with Gasteiger partial charge >= 0.3 is 0 Å². The number of unbranched alkanes of at least 4 members (excludes halogenated alkanes) is 5. The largest absolute Gasteiger partial charge is 0.352 e. The molecule has 0 aromatic heterocycles. The van der Waals surface area contributed by atoms with Gasteiger partial charge in [-0.1, -0.05) is 25.3 Å². The molecule has 0 unspecified atom stereocenters. The Morgan fingerprint density at radius 3 is 2.30 bits per heavy atom. The number of nitrogens with one attached hydrogen (secondary N) is 1. The van der Waals surface area contributed by atoms with E-state index in [0.717, 1.165) is 50.5 Å². The van der Waals surface area contributed by atoms with Crippen LogP contribution in [-0.4, -0.2) is 18.7 Å². The lowest BCUT2D eigenvalue weighted by molar-refractivity contribution is -0.107. The first-order valence-corrected chi connectivity index (χ1v) is 6.82. The van der Waals surface area contributed by atoms with Crippen LogP contribution in [-0.2, 0) is 4.79 Å². The molecule has 1 rings (SSSR count). The van der Waals surface area contributed by atoms with Crippen molar-refractivity contribution in [2.75, 3.05) is 6.54 Å². The van der Waals surface area contributed by atoms with E-state index in [1.807, 2.05) is 0 Å². The van der Waals surface area contributed by atoms with Crippen LogP contribution in [0.3, 0.4) is 0 Å². The lowest BCUT2D eigenvalue weighted by Crippen LogP contribution is -2.26. The molecule has 0 atom stereocenters. The standard InChI is InChI=1S/C15H19F2NO2/c16-12-8-7-9-13(17)14(12)15(20)18-10-5-3-1-2-4-6-11-19/h7-9,11H,1-6,10H2,(H,18,20). The molecule has 0 aliphatic heterocycles. The van der Waals surface area contributed by atoms with Gasteiger partial charge < -0.3 is 10.1 Å². The van der Waals surface area contributed by atoms with Gasteiger partial charge in [0.25, 0.3) is 5.91 Å². The fourth-order valence-electron chi connectivity index (χ4n) is 1.89. The van der Waals surface area contributed by atoms with E-state index in [4.69, 9.17) is 0 Å². The number of hydrogen-bond acceptors (Lipinski definition) is 2. The second kappa shape index (κ2) is 9.18. The van der Waals surface area contributed by atoms with Crippen molar-refractivity contribution in [3.8, 4) is 0 Å². The van der Waals surface area contributed by atoms with Gasteiger partial charge in [-0.2, -0.15) is 0 Å². The Balaban J connectivity index is 2.22. The zero-order chi connectivity index (χ0) is 14.8. The van der Waals surface area contributed by atoms with E-state index < -0.39 is 23.1 Å². The minimum atomic E-state index is -0.851. The van der Waals surface area contributed by atoms with Crippen LogP contribution in [0.2, 0.25) is 0 Å². The van der Waals surface area contributed by atoms with Crippen LogP contribution < -0.4 is 5.32 Å². The van der Waals surface area contributed by atoms with Gasteiger partial charge in [0.15, 0.2) is 0 Å². The minimum Gasteiger partial charge on any atom is -0.352 e. The summed E-state index contributed by atoms with van der Waals surface area (Å²) in [6, 6.07) is 3.34. The molecule has 1 amide bonds. The third-order valence-corrected chi connectivity index (χ3v) is 2.97. The van der Waals surface area contributed by atoms with Crippen molar-refractivity contribution in [1.29, 1.82) is 0 Å². The average molecular weight is 283 g/mol. The Labute approximate surface area is 117 Å². The van der Waals surface area contributed by atoms with Gasteiger partial charge in [-0.25, -0.2) is 8.78 Å². The first-order chi connectivity index (χ1) is 9.66. The molecule has 0 fully saturated rings. The monoisotopic (exact) mass is 283 g/mol. The third kappa shape index (κ3) is 5.47. The quantitative estimate of drug-likeness (QED) is 0.558. The molecule has 0 radical (unpaired) electrons. The van der Waals surface area contributed by atoms with E-state index in [2.05, 4.69) is 5.32 Å². The summed E-state index contributed by atoms with van der Waals surface area (Å²) in [5, 5.41) is 2.51. The lowest BCUT2D eigenvalue weighted by atomic mass is 10.1. The highest BCUT2D eigenvalue weighted by Gasteiger charge is 2.15. The van der Waals surface area contributed by atoms with E-state index in [1.165, 1.54) is 6.07 Å². The molecule has 0 heterocycles. The number of rotatable bonds is 9. The molecule has 110 valence electrons. The fourth-order valence-corrected chi connectivity index (χ4v) is 1.89. The van der Waals surface area contributed by atoms with Crippen molar-refractivity contribution in [3.05, 3.63) is 35.4 Å². The molecule has 0 aliphatic carbocycles. The normalized spacial score (nSPS) is 10.3. The van der Waals surface area contributed by atoms with Crippen LogP contribution in [0.1, 0.15) is 48.9 Å². The molecule has 3 nitrogen and oxygen atoms in total. The average Bonchev–Trinajstić information content (AvgIpc) is 2.41. The van der Waals surface area contributed by atoms with Crippen molar-refractivity contribution in [2.24, 2.45) is 0 Å². The van der Waals surface area contributed by atoms with Crippen LogP contribution in [0.5, 0.6) is 0 Å². The number of benzene rings is 1. The van der Waals surface area contributed by atoms with Crippen molar-refractivity contribution in [1.82, 2.24) is 5.32 Å². The van der Waals surface area contributed by atoms with Crippen LogP contribution in [0.4, 0.5) is 8.78 Å². The SMILES string of the molecule is O=CCCCCCCCNC(=O)c1c(F)cccc1F. The van der Waals surface area contributed by atoms with Gasteiger partial charge in [-0.3, -0.25) is 4.79 Å².